The number of ether oxygens (including phenoxy) is 2. The minimum Gasteiger partial charge on any atom is -0.496 e. The molecule has 2 rings (SSSR count). The number of hydrogen-bond donors (Lipinski definition) is 0. The maximum atomic E-state index is 13.3. The Kier molecular flexibility index (Phi) is 5.09. The fourth-order valence-corrected chi connectivity index (χ4v) is 2.21. The number of hydrogen-bond acceptors (Lipinski definition) is 4. The summed E-state index contributed by atoms with van der Waals surface area (Å²) in [5.74, 6) is -0.132. The van der Waals surface area contributed by atoms with Crippen molar-refractivity contribution in [2.45, 2.75) is 18.9 Å². The van der Waals surface area contributed by atoms with E-state index < -0.39 is 5.82 Å². The molecular formula is C15H20FNO3. The van der Waals surface area contributed by atoms with Gasteiger partial charge >= 0.3 is 0 Å². The van der Waals surface area contributed by atoms with E-state index in [1.54, 1.807) is 7.11 Å². The topological polar surface area (TPSA) is 38.8 Å². The van der Waals surface area contributed by atoms with E-state index in [-0.39, 0.29) is 12.3 Å². The highest BCUT2D eigenvalue weighted by Gasteiger charge is 2.30. The standard InChI is InChI=1S/C15H20FNO3/c1-19-8-7-17(12-4-5-12)10-14(18)13-9-11(16)3-6-15(13)20-2/h3,6,9,12H,4-5,7-8,10H2,1-2H3. The second-order valence-corrected chi connectivity index (χ2v) is 4.96. The van der Waals surface area contributed by atoms with Gasteiger partial charge in [0.15, 0.2) is 5.78 Å². The van der Waals surface area contributed by atoms with Crippen molar-refractivity contribution in [1.29, 1.82) is 0 Å². The lowest BCUT2D eigenvalue weighted by Crippen LogP contribution is -2.34. The van der Waals surface area contributed by atoms with Crippen LogP contribution in [-0.4, -0.2) is 50.6 Å². The molecule has 0 aromatic heterocycles. The third kappa shape index (κ3) is 3.77. The van der Waals surface area contributed by atoms with Crippen molar-refractivity contribution in [3.05, 3.63) is 29.6 Å². The fraction of sp³-hybridized carbons (Fsp3) is 0.533. The van der Waals surface area contributed by atoms with Crippen LogP contribution in [0.2, 0.25) is 0 Å². The van der Waals surface area contributed by atoms with Crippen LogP contribution >= 0.6 is 0 Å². The maximum absolute atomic E-state index is 13.3. The van der Waals surface area contributed by atoms with Gasteiger partial charge in [-0.15, -0.1) is 0 Å². The molecule has 1 aromatic carbocycles. The van der Waals surface area contributed by atoms with Gasteiger partial charge in [0.25, 0.3) is 0 Å². The van der Waals surface area contributed by atoms with E-state index in [4.69, 9.17) is 9.47 Å². The zero-order valence-corrected chi connectivity index (χ0v) is 11.9. The molecule has 0 amide bonds. The van der Waals surface area contributed by atoms with Crippen molar-refractivity contribution in [3.8, 4) is 5.75 Å². The van der Waals surface area contributed by atoms with Crippen molar-refractivity contribution in [3.63, 3.8) is 0 Å². The largest absolute Gasteiger partial charge is 0.496 e. The van der Waals surface area contributed by atoms with Crippen molar-refractivity contribution in [1.82, 2.24) is 4.90 Å². The molecule has 0 saturated heterocycles. The summed E-state index contributed by atoms with van der Waals surface area (Å²) in [6, 6.07) is 4.47. The van der Waals surface area contributed by atoms with E-state index in [1.807, 2.05) is 0 Å². The molecule has 1 aliphatic carbocycles. The number of halogens is 1. The predicted octanol–water partition coefficient (Wildman–Crippen LogP) is 2.13. The predicted molar refractivity (Wildman–Crippen MR) is 73.8 cm³/mol. The average Bonchev–Trinajstić information content (AvgIpc) is 3.27. The van der Waals surface area contributed by atoms with E-state index in [9.17, 15) is 9.18 Å². The van der Waals surface area contributed by atoms with Crippen LogP contribution in [0, 0.1) is 5.82 Å². The molecule has 5 heteroatoms. The zero-order valence-electron chi connectivity index (χ0n) is 11.9. The van der Waals surface area contributed by atoms with Crippen LogP contribution in [0.3, 0.4) is 0 Å². The van der Waals surface area contributed by atoms with Gasteiger partial charge in [0, 0.05) is 19.7 Å². The highest BCUT2D eigenvalue weighted by Crippen LogP contribution is 2.27. The van der Waals surface area contributed by atoms with Crippen LogP contribution in [0.4, 0.5) is 4.39 Å². The Bertz CT molecular complexity index is 474. The van der Waals surface area contributed by atoms with Gasteiger partial charge < -0.3 is 9.47 Å². The van der Waals surface area contributed by atoms with Crippen molar-refractivity contribution >= 4 is 5.78 Å². The van der Waals surface area contributed by atoms with Gasteiger partial charge in [-0.3, -0.25) is 9.69 Å². The number of carbonyl (C=O) groups excluding carboxylic acids is 1. The van der Waals surface area contributed by atoms with Gasteiger partial charge in [-0.1, -0.05) is 0 Å². The highest BCUT2D eigenvalue weighted by molar-refractivity contribution is 6.00. The molecule has 1 fully saturated rings. The van der Waals surface area contributed by atoms with Crippen molar-refractivity contribution in [2.24, 2.45) is 0 Å². The second kappa shape index (κ2) is 6.81. The highest BCUT2D eigenvalue weighted by atomic mass is 19.1. The van der Waals surface area contributed by atoms with Crippen LogP contribution in [0.15, 0.2) is 18.2 Å². The Morgan fingerprint density at radius 1 is 1.40 bits per heavy atom. The van der Waals surface area contributed by atoms with Crippen molar-refractivity contribution in [2.75, 3.05) is 33.9 Å². The number of carbonyl (C=O) groups is 1. The van der Waals surface area contributed by atoms with Gasteiger partial charge in [-0.25, -0.2) is 4.39 Å². The lowest BCUT2D eigenvalue weighted by atomic mass is 10.1. The van der Waals surface area contributed by atoms with Gasteiger partial charge in [0.2, 0.25) is 0 Å². The average molecular weight is 281 g/mol. The molecule has 0 unspecified atom stereocenters. The lowest BCUT2D eigenvalue weighted by molar-refractivity contribution is 0.0882. The van der Waals surface area contributed by atoms with Gasteiger partial charge in [-0.2, -0.15) is 0 Å². The Hall–Kier alpha value is -1.46. The minimum atomic E-state index is -0.427. The Balaban J connectivity index is 2.07. The molecule has 1 aromatic rings. The summed E-state index contributed by atoms with van der Waals surface area (Å²) in [6.45, 7) is 1.57. The molecule has 0 spiro atoms. The molecule has 1 saturated carbocycles. The molecule has 0 atom stereocenters. The van der Waals surface area contributed by atoms with E-state index in [0.717, 1.165) is 12.8 Å². The SMILES string of the molecule is COCCN(CC(=O)c1cc(F)ccc1OC)C1CC1. The lowest BCUT2D eigenvalue weighted by Gasteiger charge is -2.21. The maximum Gasteiger partial charge on any atom is 0.180 e. The Morgan fingerprint density at radius 2 is 2.15 bits per heavy atom. The summed E-state index contributed by atoms with van der Waals surface area (Å²) in [7, 11) is 3.12. The quantitative estimate of drug-likeness (QED) is 0.684. The van der Waals surface area contributed by atoms with E-state index >= 15 is 0 Å². The Morgan fingerprint density at radius 3 is 2.75 bits per heavy atom. The van der Waals surface area contributed by atoms with Gasteiger partial charge in [0.05, 0.1) is 25.8 Å². The summed E-state index contributed by atoms with van der Waals surface area (Å²) in [5, 5.41) is 0. The van der Waals surface area contributed by atoms with Gasteiger partial charge in [0.1, 0.15) is 11.6 Å². The van der Waals surface area contributed by atoms with Gasteiger partial charge in [-0.05, 0) is 31.0 Å². The number of benzene rings is 1. The summed E-state index contributed by atoms with van der Waals surface area (Å²) in [6.07, 6.45) is 2.22. The van der Waals surface area contributed by atoms with E-state index in [1.165, 1.54) is 25.3 Å². The summed E-state index contributed by atoms with van der Waals surface area (Å²) < 4.78 is 23.5. The number of rotatable bonds is 8. The molecule has 0 radical (unpaired) electrons. The zero-order chi connectivity index (χ0) is 14.5. The second-order valence-electron chi connectivity index (χ2n) is 4.96. The molecule has 1 aliphatic rings. The molecular weight excluding hydrogens is 261 g/mol. The number of methoxy groups -OCH3 is 2. The van der Waals surface area contributed by atoms with Crippen molar-refractivity contribution < 1.29 is 18.7 Å². The first kappa shape index (κ1) is 14.9. The third-order valence-corrected chi connectivity index (χ3v) is 3.45. The van der Waals surface area contributed by atoms with Crippen LogP contribution in [-0.2, 0) is 4.74 Å². The van der Waals surface area contributed by atoms with Crippen LogP contribution in [0.1, 0.15) is 23.2 Å². The normalized spacial score (nSPS) is 14.6. The van der Waals surface area contributed by atoms with E-state index in [2.05, 4.69) is 4.90 Å². The molecule has 0 bridgehead atoms. The third-order valence-electron chi connectivity index (χ3n) is 3.45. The summed E-state index contributed by atoms with van der Waals surface area (Å²) in [4.78, 5) is 14.4. The molecule has 20 heavy (non-hydrogen) atoms. The van der Waals surface area contributed by atoms with Crippen LogP contribution in [0.25, 0.3) is 0 Å². The molecule has 0 aliphatic heterocycles. The monoisotopic (exact) mass is 281 g/mol. The van der Waals surface area contributed by atoms with E-state index in [0.29, 0.717) is 30.5 Å². The Labute approximate surface area is 118 Å². The number of nitrogens with zero attached hydrogens (tertiary/aromatic N) is 1. The minimum absolute atomic E-state index is 0.121. The molecule has 4 nitrogen and oxygen atoms in total. The number of Topliss-reactive ketones (excluding diaryl/α,β-unsaturated/α-hetero) is 1. The smallest absolute Gasteiger partial charge is 0.180 e. The first-order valence-corrected chi connectivity index (χ1v) is 6.75. The molecule has 0 N–H and O–H groups in total. The number of ketones is 1. The molecule has 110 valence electrons. The first-order valence-electron chi connectivity index (χ1n) is 6.75. The summed E-state index contributed by atoms with van der Waals surface area (Å²) >= 11 is 0. The van der Waals surface area contributed by atoms with Crippen LogP contribution < -0.4 is 4.74 Å². The molecule has 0 heterocycles. The van der Waals surface area contributed by atoms with Crippen LogP contribution in [0.5, 0.6) is 5.75 Å². The summed E-state index contributed by atoms with van der Waals surface area (Å²) in [5.41, 5.74) is 0.301. The first-order chi connectivity index (χ1) is 9.65. The fourth-order valence-electron chi connectivity index (χ4n) is 2.21.